The van der Waals surface area contributed by atoms with E-state index in [1.54, 1.807) is 11.3 Å². The van der Waals surface area contributed by atoms with Gasteiger partial charge in [0.1, 0.15) is 5.82 Å². The van der Waals surface area contributed by atoms with Crippen LogP contribution >= 0.6 is 11.3 Å². The first-order chi connectivity index (χ1) is 12.0. The number of nitrogens with zero attached hydrogens (tertiary/aromatic N) is 2. The van der Waals surface area contributed by atoms with Crippen molar-refractivity contribution in [2.45, 2.75) is 19.0 Å². The van der Waals surface area contributed by atoms with Gasteiger partial charge < -0.3 is 10.2 Å². The highest BCUT2D eigenvalue weighted by Gasteiger charge is 2.30. The van der Waals surface area contributed by atoms with Crippen LogP contribution in [0.2, 0.25) is 0 Å². The number of thiophene rings is 1. The minimum Gasteiger partial charge on any atom is -0.348 e. The van der Waals surface area contributed by atoms with Crippen molar-refractivity contribution in [2.75, 3.05) is 33.2 Å². The molecule has 1 aliphatic heterocycles. The van der Waals surface area contributed by atoms with E-state index in [1.807, 2.05) is 6.92 Å². The topological polar surface area (TPSA) is 35.6 Å². The fourth-order valence-corrected chi connectivity index (χ4v) is 4.24. The van der Waals surface area contributed by atoms with Gasteiger partial charge in [-0.3, -0.25) is 9.69 Å². The van der Waals surface area contributed by atoms with Gasteiger partial charge in [0.15, 0.2) is 0 Å². The molecule has 2 atom stereocenters. The Bertz CT molecular complexity index is 681. The first kappa shape index (κ1) is 18.0. The van der Waals surface area contributed by atoms with Gasteiger partial charge in [0.05, 0.1) is 6.04 Å². The molecule has 0 spiro atoms. The first-order valence-corrected chi connectivity index (χ1v) is 9.45. The van der Waals surface area contributed by atoms with Gasteiger partial charge in [-0.1, -0.05) is 6.07 Å². The van der Waals surface area contributed by atoms with E-state index in [-0.39, 0.29) is 23.8 Å². The van der Waals surface area contributed by atoms with Gasteiger partial charge in [0.2, 0.25) is 0 Å². The molecule has 0 unspecified atom stereocenters. The lowest BCUT2D eigenvalue weighted by atomic mass is 10.0. The van der Waals surface area contributed by atoms with Crippen LogP contribution in [0.1, 0.15) is 28.2 Å². The number of benzene rings is 1. The Morgan fingerprint density at radius 3 is 2.44 bits per heavy atom. The summed E-state index contributed by atoms with van der Waals surface area (Å²) in [6, 6.07) is 9.97. The molecule has 3 rings (SSSR count). The van der Waals surface area contributed by atoms with E-state index in [0.29, 0.717) is 5.56 Å². The van der Waals surface area contributed by atoms with Crippen LogP contribution in [-0.2, 0) is 0 Å². The number of hydrogen-bond donors (Lipinski definition) is 1. The van der Waals surface area contributed by atoms with Crippen molar-refractivity contribution >= 4 is 17.2 Å². The maximum absolute atomic E-state index is 13.1. The van der Waals surface area contributed by atoms with Gasteiger partial charge in [0, 0.05) is 42.7 Å². The maximum Gasteiger partial charge on any atom is 0.251 e. The van der Waals surface area contributed by atoms with Gasteiger partial charge in [-0.05, 0) is 49.7 Å². The average molecular weight is 361 g/mol. The molecule has 1 fully saturated rings. The number of amides is 1. The summed E-state index contributed by atoms with van der Waals surface area (Å²) in [5.74, 6) is -0.498. The lowest BCUT2D eigenvalue weighted by molar-refractivity contribution is 0.0799. The molecule has 1 aromatic carbocycles. The molecule has 134 valence electrons. The third-order valence-electron chi connectivity index (χ3n) is 4.70. The number of nitrogens with one attached hydrogen (secondary N) is 1. The summed E-state index contributed by atoms with van der Waals surface area (Å²) in [5.41, 5.74) is 0.483. The molecule has 2 aromatic rings. The van der Waals surface area contributed by atoms with Crippen LogP contribution in [0.3, 0.4) is 0 Å². The first-order valence-electron chi connectivity index (χ1n) is 8.57. The van der Waals surface area contributed by atoms with Crippen molar-refractivity contribution in [2.24, 2.45) is 0 Å². The zero-order valence-electron chi connectivity index (χ0n) is 14.6. The van der Waals surface area contributed by atoms with Crippen molar-refractivity contribution in [3.8, 4) is 0 Å². The van der Waals surface area contributed by atoms with E-state index in [2.05, 4.69) is 39.7 Å². The van der Waals surface area contributed by atoms with Gasteiger partial charge in [0.25, 0.3) is 5.91 Å². The Morgan fingerprint density at radius 2 is 1.84 bits per heavy atom. The summed E-state index contributed by atoms with van der Waals surface area (Å²) in [6.07, 6.45) is 0. The van der Waals surface area contributed by atoms with Crippen LogP contribution in [-0.4, -0.2) is 55.0 Å². The number of hydrogen-bond acceptors (Lipinski definition) is 4. The summed E-state index contributed by atoms with van der Waals surface area (Å²) >= 11 is 1.72. The molecule has 0 saturated carbocycles. The number of likely N-dealkylation sites (N-methyl/N-ethyl adjacent to an activating group) is 1. The van der Waals surface area contributed by atoms with Crippen molar-refractivity contribution in [3.05, 3.63) is 58.0 Å². The number of piperazine rings is 1. The highest BCUT2D eigenvalue weighted by Crippen LogP contribution is 2.29. The number of rotatable bonds is 5. The predicted octanol–water partition coefficient (Wildman–Crippen LogP) is 2.99. The highest BCUT2D eigenvalue weighted by molar-refractivity contribution is 7.10. The largest absolute Gasteiger partial charge is 0.348 e. The van der Waals surface area contributed by atoms with Crippen LogP contribution in [0, 0.1) is 5.82 Å². The summed E-state index contributed by atoms with van der Waals surface area (Å²) < 4.78 is 13.1. The lowest BCUT2D eigenvalue weighted by Crippen LogP contribution is -2.51. The second-order valence-electron chi connectivity index (χ2n) is 6.57. The SMILES string of the molecule is C[C@@H](NC(=O)c1ccc(F)cc1)[C@@H](c1cccs1)N1CCN(C)CC1. The fourth-order valence-electron chi connectivity index (χ4n) is 3.27. The van der Waals surface area contributed by atoms with Gasteiger partial charge in [-0.15, -0.1) is 11.3 Å². The van der Waals surface area contributed by atoms with Crippen molar-refractivity contribution in [1.29, 1.82) is 0 Å². The van der Waals surface area contributed by atoms with Crippen molar-refractivity contribution in [3.63, 3.8) is 0 Å². The maximum atomic E-state index is 13.1. The van der Waals surface area contributed by atoms with E-state index in [4.69, 9.17) is 0 Å². The molecular weight excluding hydrogens is 337 g/mol. The molecule has 2 heterocycles. The smallest absolute Gasteiger partial charge is 0.251 e. The normalized spacial score (nSPS) is 18.7. The molecule has 1 aromatic heterocycles. The van der Waals surface area contributed by atoms with E-state index < -0.39 is 0 Å². The monoisotopic (exact) mass is 361 g/mol. The quantitative estimate of drug-likeness (QED) is 0.889. The van der Waals surface area contributed by atoms with Crippen LogP contribution in [0.4, 0.5) is 4.39 Å². The fraction of sp³-hybridized carbons (Fsp3) is 0.421. The van der Waals surface area contributed by atoms with Crippen LogP contribution in [0.25, 0.3) is 0 Å². The van der Waals surface area contributed by atoms with Crippen LogP contribution in [0.5, 0.6) is 0 Å². The highest BCUT2D eigenvalue weighted by atomic mass is 32.1. The molecule has 1 aliphatic rings. The van der Waals surface area contributed by atoms with E-state index in [0.717, 1.165) is 26.2 Å². The summed E-state index contributed by atoms with van der Waals surface area (Å²) in [7, 11) is 2.14. The Morgan fingerprint density at radius 1 is 1.16 bits per heavy atom. The third kappa shape index (κ3) is 4.45. The standard InChI is InChI=1S/C19H24FN3OS/c1-14(21-19(24)15-5-7-16(20)8-6-15)18(17-4-3-13-25-17)23-11-9-22(2)10-12-23/h3-8,13-14,18H,9-12H2,1-2H3,(H,21,24)/t14-,18+/m1/s1. The van der Waals surface area contributed by atoms with Crippen molar-refractivity contribution < 1.29 is 9.18 Å². The average Bonchev–Trinajstić information content (AvgIpc) is 3.11. The molecule has 1 N–H and O–H groups in total. The number of carbonyl (C=O) groups excluding carboxylic acids is 1. The number of halogens is 1. The Labute approximate surface area is 152 Å². The zero-order valence-corrected chi connectivity index (χ0v) is 15.4. The summed E-state index contributed by atoms with van der Waals surface area (Å²) in [4.78, 5) is 18.5. The second kappa shape index (κ2) is 8.08. The van der Waals surface area contributed by atoms with E-state index in [1.165, 1.54) is 29.1 Å². The van der Waals surface area contributed by atoms with Crippen LogP contribution < -0.4 is 5.32 Å². The minimum absolute atomic E-state index is 0.0420. The third-order valence-corrected chi connectivity index (χ3v) is 5.65. The van der Waals surface area contributed by atoms with Crippen molar-refractivity contribution in [1.82, 2.24) is 15.1 Å². The molecule has 0 bridgehead atoms. The van der Waals surface area contributed by atoms with Crippen LogP contribution in [0.15, 0.2) is 41.8 Å². The molecule has 1 amide bonds. The second-order valence-corrected chi connectivity index (χ2v) is 7.55. The van der Waals surface area contributed by atoms with E-state index >= 15 is 0 Å². The summed E-state index contributed by atoms with van der Waals surface area (Å²) in [5, 5.41) is 5.18. The van der Waals surface area contributed by atoms with Gasteiger partial charge in [-0.2, -0.15) is 0 Å². The number of carbonyl (C=O) groups is 1. The minimum atomic E-state index is -0.335. The zero-order chi connectivity index (χ0) is 17.8. The molecule has 1 saturated heterocycles. The Hall–Kier alpha value is -1.76. The van der Waals surface area contributed by atoms with Gasteiger partial charge >= 0.3 is 0 Å². The molecule has 25 heavy (non-hydrogen) atoms. The molecule has 4 nitrogen and oxygen atoms in total. The van der Waals surface area contributed by atoms with Gasteiger partial charge in [-0.25, -0.2) is 4.39 Å². The molecule has 0 aliphatic carbocycles. The lowest BCUT2D eigenvalue weighted by Gasteiger charge is -2.40. The molecule has 6 heteroatoms. The Kier molecular flexibility index (Phi) is 5.83. The summed E-state index contributed by atoms with van der Waals surface area (Å²) in [6.45, 7) is 6.07. The molecule has 0 radical (unpaired) electrons. The molecular formula is C19H24FN3OS. The van der Waals surface area contributed by atoms with E-state index in [9.17, 15) is 9.18 Å². The predicted molar refractivity (Wildman–Crippen MR) is 99.5 cm³/mol. The Balaban J connectivity index is 1.74.